The molecule has 0 unspecified atom stereocenters. The van der Waals surface area contributed by atoms with Crippen LogP contribution in [-0.4, -0.2) is 65.4 Å². The minimum Gasteiger partial charge on any atom is -0.461 e. The Balaban J connectivity index is 1.57. The second-order valence-electron chi connectivity index (χ2n) is 9.36. The molecule has 198 valence electrons. The molecule has 1 saturated heterocycles. The van der Waals surface area contributed by atoms with E-state index >= 15 is 0 Å². The number of rotatable bonds is 10. The SMILES string of the molecule is COCCCNC(=O)C1(C)COC(c2nc(-c3ccc(F)cc3)c(-c3ccnc(OC(C)C)n3)[nH]2)OC1. The maximum atomic E-state index is 13.6. The van der Waals surface area contributed by atoms with Gasteiger partial charge in [-0.3, -0.25) is 4.79 Å². The molecule has 1 aromatic carbocycles. The molecule has 0 spiro atoms. The van der Waals surface area contributed by atoms with Gasteiger partial charge in [0.05, 0.1) is 41.8 Å². The molecule has 1 aliphatic rings. The monoisotopic (exact) mass is 513 g/mol. The first kappa shape index (κ1) is 26.6. The van der Waals surface area contributed by atoms with Crippen LogP contribution < -0.4 is 10.1 Å². The van der Waals surface area contributed by atoms with E-state index in [9.17, 15) is 9.18 Å². The molecule has 2 N–H and O–H groups in total. The highest BCUT2D eigenvalue weighted by molar-refractivity contribution is 5.82. The van der Waals surface area contributed by atoms with Crippen molar-refractivity contribution in [3.63, 3.8) is 0 Å². The average Bonchev–Trinajstić information content (AvgIpc) is 3.32. The summed E-state index contributed by atoms with van der Waals surface area (Å²) < 4.78 is 36.2. The van der Waals surface area contributed by atoms with Crippen LogP contribution in [0.3, 0.4) is 0 Å². The van der Waals surface area contributed by atoms with E-state index in [0.29, 0.717) is 41.6 Å². The van der Waals surface area contributed by atoms with E-state index in [1.807, 2.05) is 13.8 Å². The maximum Gasteiger partial charge on any atom is 0.317 e. The number of aromatic nitrogens is 4. The number of hydrogen-bond donors (Lipinski definition) is 2. The second kappa shape index (κ2) is 11.8. The van der Waals surface area contributed by atoms with E-state index in [4.69, 9.17) is 23.9 Å². The van der Waals surface area contributed by atoms with E-state index in [1.165, 1.54) is 12.1 Å². The predicted molar refractivity (Wildman–Crippen MR) is 133 cm³/mol. The minimum atomic E-state index is -0.839. The number of carbonyl (C=O) groups excluding carboxylic acids is 1. The molecule has 0 atom stereocenters. The Morgan fingerprint density at radius 1 is 1.22 bits per heavy atom. The Labute approximate surface area is 214 Å². The lowest BCUT2D eigenvalue weighted by Crippen LogP contribution is -2.48. The molecule has 1 aliphatic heterocycles. The number of ether oxygens (including phenoxy) is 4. The third kappa shape index (κ3) is 6.48. The summed E-state index contributed by atoms with van der Waals surface area (Å²) in [7, 11) is 1.62. The van der Waals surface area contributed by atoms with Crippen LogP contribution in [-0.2, 0) is 19.0 Å². The fourth-order valence-corrected chi connectivity index (χ4v) is 3.78. The molecule has 0 radical (unpaired) electrons. The van der Waals surface area contributed by atoms with E-state index in [1.54, 1.807) is 38.4 Å². The standard InChI is InChI=1S/C26H32FN5O5/c1-16(2)37-25-29-12-10-19(30-25)21-20(17-6-8-18(27)9-7-17)31-22(32-21)23-35-14-26(3,15-36-23)24(33)28-11-5-13-34-4/h6-10,12,16,23H,5,11,13-15H2,1-4H3,(H,28,33)(H,31,32). The number of nitrogens with one attached hydrogen (secondary N) is 2. The molecule has 11 heteroatoms. The number of imidazole rings is 1. The summed E-state index contributed by atoms with van der Waals surface area (Å²) in [5, 5.41) is 2.90. The Kier molecular flexibility index (Phi) is 8.47. The van der Waals surface area contributed by atoms with Crippen molar-refractivity contribution in [3.8, 4) is 28.7 Å². The normalized spacial score (nSPS) is 19.7. The van der Waals surface area contributed by atoms with Crippen molar-refractivity contribution in [1.82, 2.24) is 25.3 Å². The van der Waals surface area contributed by atoms with Crippen molar-refractivity contribution < 1.29 is 28.1 Å². The highest BCUT2D eigenvalue weighted by Gasteiger charge is 2.40. The number of carbonyl (C=O) groups is 1. The molecule has 4 rings (SSSR count). The number of aromatic amines is 1. The van der Waals surface area contributed by atoms with Crippen molar-refractivity contribution in [2.45, 2.75) is 39.6 Å². The van der Waals surface area contributed by atoms with Crippen molar-refractivity contribution in [2.75, 3.05) is 33.5 Å². The molecule has 3 aromatic rings. The van der Waals surface area contributed by atoms with Gasteiger partial charge in [-0.05, 0) is 57.5 Å². The summed E-state index contributed by atoms with van der Waals surface area (Å²) in [6.45, 7) is 6.95. The molecular weight excluding hydrogens is 481 g/mol. The van der Waals surface area contributed by atoms with Gasteiger partial charge in [0, 0.05) is 32.0 Å². The van der Waals surface area contributed by atoms with Crippen LogP contribution >= 0.6 is 0 Å². The topological polar surface area (TPSA) is 120 Å². The average molecular weight is 514 g/mol. The van der Waals surface area contributed by atoms with Gasteiger partial charge < -0.3 is 29.2 Å². The van der Waals surface area contributed by atoms with Gasteiger partial charge in [0.25, 0.3) is 0 Å². The van der Waals surface area contributed by atoms with Gasteiger partial charge in [-0.1, -0.05) is 0 Å². The lowest BCUT2D eigenvalue weighted by atomic mass is 9.91. The van der Waals surface area contributed by atoms with Crippen molar-refractivity contribution in [2.24, 2.45) is 5.41 Å². The van der Waals surface area contributed by atoms with Crippen LogP contribution in [0.4, 0.5) is 4.39 Å². The summed E-state index contributed by atoms with van der Waals surface area (Å²) in [6.07, 6.45) is 1.39. The fraction of sp³-hybridized carbons (Fsp3) is 0.462. The molecule has 0 saturated carbocycles. The first-order valence-corrected chi connectivity index (χ1v) is 12.2. The molecule has 3 heterocycles. The van der Waals surface area contributed by atoms with E-state index in [2.05, 4.69) is 20.3 Å². The number of hydrogen-bond acceptors (Lipinski definition) is 8. The van der Waals surface area contributed by atoms with Crippen molar-refractivity contribution in [1.29, 1.82) is 0 Å². The summed E-state index contributed by atoms with van der Waals surface area (Å²) in [6, 6.07) is 7.96. The number of benzene rings is 1. The van der Waals surface area contributed by atoms with Crippen molar-refractivity contribution >= 4 is 5.91 Å². The highest BCUT2D eigenvalue weighted by Crippen LogP contribution is 2.35. The van der Waals surface area contributed by atoms with Gasteiger partial charge in [0.15, 0.2) is 5.82 Å². The first-order chi connectivity index (χ1) is 17.8. The largest absolute Gasteiger partial charge is 0.461 e. The predicted octanol–water partition coefficient (Wildman–Crippen LogP) is 3.66. The first-order valence-electron chi connectivity index (χ1n) is 12.2. The minimum absolute atomic E-state index is 0.0975. The fourth-order valence-electron chi connectivity index (χ4n) is 3.78. The van der Waals surface area contributed by atoms with Crippen LogP contribution in [0.5, 0.6) is 6.01 Å². The zero-order valence-corrected chi connectivity index (χ0v) is 21.4. The maximum absolute atomic E-state index is 13.6. The van der Waals surface area contributed by atoms with Crippen LogP contribution in [0.2, 0.25) is 0 Å². The van der Waals surface area contributed by atoms with Gasteiger partial charge in [0.1, 0.15) is 5.82 Å². The zero-order valence-electron chi connectivity index (χ0n) is 21.4. The van der Waals surface area contributed by atoms with E-state index in [0.717, 1.165) is 6.42 Å². The third-order valence-corrected chi connectivity index (χ3v) is 5.76. The molecule has 0 bridgehead atoms. The van der Waals surface area contributed by atoms with E-state index in [-0.39, 0.29) is 37.1 Å². The Morgan fingerprint density at radius 2 is 1.95 bits per heavy atom. The molecule has 37 heavy (non-hydrogen) atoms. The third-order valence-electron chi connectivity index (χ3n) is 5.76. The quantitative estimate of drug-likeness (QED) is 0.394. The van der Waals surface area contributed by atoms with Gasteiger partial charge in [-0.15, -0.1) is 0 Å². The van der Waals surface area contributed by atoms with Crippen molar-refractivity contribution in [3.05, 3.63) is 48.2 Å². The van der Waals surface area contributed by atoms with Crippen LogP contribution in [0.1, 0.15) is 39.3 Å². The van der Waals surface area contributed by atoms with Gasteiger partial charge in [0.2, 0.25) is 12.2 Å². The Morgan fingerprint density at radius 3 is 2.62 bits per heavy atom. The zero-order chi connectivity index (χ0) is 26.4. The summed E-state index contributed by atoms with van der Waals surface area (Å²) in [4.78, 5) is 29.3. The highest BCUT2D eigenvalue weighted by atomic mass is 19.1. The second-order valence-corrected chi connectivity index (χ2v) is 9.36. The molecule has 1 amide bonds. The molecule has 1 fully saturated rings. The van der Waals surface area contributed by atoms with Gasteiger partial charge in [-0.2, -0.15) is 4.98 Å². The Hall–Kier alpha value is -3.41. The van der Waals surface area contributed by atoms with Crippen LogP contribution in [0, 0.1) is 11.2 Å². The summed E-state index contributed by atoms with van der Waals surface area (Å²) >= 11 is 0. The molecule has 2 aromatic heterocycles. The van der Waals surface area contributed by atoms with Gasteiger partial charge in [-0.25, -0.2) is 14.4 Å². The number of methoxy groups -OCH3 is 1. The smallest absolute Gasteiger partial charge is 0.317 e. The summed E-state index contributed by atoms with van der Waals surface area (Å²) in [5.41, 5.74) is 1.50. The van der Waals surface area contributed by atoms with Crippen LogP contribution in [0.25, 0.3) is 22.6 Å². The molecule has 10 nitrogen and oxygen atoms in total. The number of H-pyrrole nitrogens is 1. The van der Waals surface area contributed by atoms with E-state index < -0.39 is 11.7 Å². The number of amides is 1. The number of nitrogens with zero attached hydrogens (tertiary/aromatic N) is 3. The summed E-state index contributed by atoms with van der Waals surface area (Å²) in [5.74, 6) is -0.0934. The lowest BCUT2D eigenvalue weighted by Gasteiger charge is -2.35. The lowest BCUT2D eigenvalue weighted by molar-refractivity contribution is -0.231. The molecule has 0 aliphatic carbocycles. The van der Waals surface area contributed by atoms with Gasteiger partial charge >= 0.3 is 6.01 Å². The Bertz CT molecular complexity index is 1190. The molecular formula is C26H32FN5O5. The van der Waals surface area contributed by atoms with Crippen LogP contribution in [0.15, 0.2) is 36.5 Å². The number of halogens is 1.